The Balaban J connectivity index is 1.76. The molecule has 0 spiro atoms. The van der Waals surface area contributed by atoms with Gasteiger partial charge in [-0.15, -0.1) is 0 Å². The lowest BCUT2D eigenvalue weighted by molar-refractivity contribution is -0.145. The highest BCUT2D eigenvalue weighted by atomic mass is 16.5. The van der Waals surface area contributed by atoms with E-state index < -0.39 is 5.92 Å². The van der Waals surface area contributed by atoms with Gasteiger partial charge in [0, 0.05) is 31.0 Å². The average molecular weight is 391 g/mol. The zero-order chi connectivity index (χ0) is 20.6. The molecule has 0 aliphatic rings. The van der Waals surface area contributed by atoms with E-state index in [-0.39, 0.29) is 18.4 Å². The summed E-state index contributed by atoms with van der Waals surface area (Å²) in [5.41, 5.74) is 2.65. The van der Waals surface area contributed by atoms with Crippen LogP contribution in [0, 0.1) is 5.92 Å². The van der Waals surface area contributed by atoms with Crippen LogP contribution in [0.15, 0.2) is 73.1 Å². The Kier molecular flexibility index (Phi) is 6.79. The van der Waals surface area contributed by atoms with Crippen LogP contribution in [-0.4, -0.2) is 40.2 Å². The van der Waals surface area contributed by atoms with Crippen LogP contribution < -0.4 is 0 Å². The molecule has 29 heavy (non-hydrogen) atoms. The molecule has 1 atom stereocenters. The van der Waals surface area contributed by atoms with Crippen LogP contribution >= 0.6 is 0 Å². The molecule has 1 amide bonds. The SMILES string of the molecule is COC(=O)C(C)CN(Cc1ccccc1)C(=O)c1ccc(Cn2cccn2)cc1. The number of ether oxygens (including phenoxy) is 1. The summed E-state index contributed by atoms with van der Waals surface area (Å²) >= 11 is 0. The smallest absolute Gasteiger partial charge is 0.310 e. The number of benzene rings is 2. The zero-order valence-electron chi connectivity index (χ0n) is 16.7. The number of esters is 1. The van der Waals surface area contributed by atoms with Gasteiger partial charge in [-0.25, -0.2) is 0 Å². The van der Waals surface area contributed by atoms with Gasteiger partial charge in [-0.2, -0.15) is 5.10 Å². The van der Waals surface area contributed by atoms with Crippen molar-refractivity contribution >= 4 is 11.9 Å². The average Bonchev–Trinajstić information content (AvgIpc) is 3.26. The quantitative estimate of drug-likeness (QED) is 0.552. The van der Waals surface area contributed by atoms with Crippen LogP contribution in [0.1, 0.15) is 28.4 Å². The first-order valence-corrected chi connectivity index (χ1v) is 9.54. The van der Waals surface area contributed by atoms with Crippen LogP contribution in [-0.2, 0) is 22.6 Å². The highest BCUT2D eigenvalue weighted by molar-refractivity contribution is 5.94. The minimum absolute atomic E-state index is 0.116. The maximum atomic E-state index is 13.2. The van der Waals surface area contributed by atoms with E-state index in [0.717, 1.165) is 11.1 Å². The molecule has 0 bridgehead atoms. The molecule has 2 aromatic carbocycles. The molecule has 1 unspecified atom stereocenters. The molecule has 3 aromatic rings. The molecule has 0 radical (unpaired) electrons. The lowest BCUT2D eigenvalue weighted by Crippen LogP contribution is -2.36. The highest BCUT2D eigenvalue weighted by Gasteiger charge is 2.23. The summed E-state index contributed by atoms with van der Waals surface area (Å²) in [7, 11) is 1.36. The molecule has 3 rings (SSSR count). The Bertz CT molecular complexity index is 922. The Morgan fingerprint density at radius 3 is 2.38 bits per heavy atom. The van der Waals surface area contributed by atoms with Crippen molar-refractivity contribution in [2.24, 2.45) is 5.92 Å². The summed E-state index contributed by atoms with van der Waals surface area (Å²) in [5, 5.41) is 4.20. The lowest BCUT2D eigenvalue weighted by Gasteiger charge is -2.25. The second-order valence-corrected chi connectivity index (χ2v) is 7.00. The van der Waals surface area contributed by atoms with Crippen LogP contribution in [0.5, 0.6) is 0 Å². The summed E-state index contributed by atoms with van der Waals surface area (Å²) in [6, 6.07) is 19.1. The van der Waals surface area contributed by atoms with E-state index in [2.05, 4.69) is 5.10 Å². The molecule has 150 valence electrons. The fourth-order valence-corrected chi connectivity index (χ4v) is 3.15. The van der Waals surface area contributed by atoms with Gasteiger partial charge in [-0.3, -0.25) is 14.3 Å². The van der Waals surface area contributed by atoms with Gasteiger partial charge >= 0.3 is 5.97 Å². The first kappa shape index (κ1) is 20.3. The number of hydrogen-bond donors (Lipinski definition) is 0. The maximum Gasteiger partial charge on any atom is 0.310 e. The van der Waals surface area contributed by atoms with Gasteiger partial charge in [-0.05, 0) is 29.3 Å². The van der Waals surface area contributed by atoms with Crippen molar-refractivity contribution in [2.45, 2.75) is 20.0 Å². The van der Waals surface area contributed by atoms with Gasteiger partial charge in [0.05, 0.1) is 19.6 Å². The van der Waals surface area contributed by atoms with E-state index in [9.17, 15) is 9.59 Å². The Labute approximate surface area is 170 Å². The van der Waals surface area contributed by atoms with Gasteiger partial charge < -0.3 is 9.64 Å². The minimum atomic E-state index is -0.410. The summed E-state index contributed by atoms with van der Waals surface area (Å²) in [6.07, 6.45) is 3.64. The van der Waals surface area contributed by atoms with Crippen LogP contribution in [0.4, 0.5) is 0 Å². The minimum Gasteiger partial charge on any atom is -0.469 e. The van der Waals surface area contributed by atoms with Crippen molar-refractivity contribution in [3.63, 3.8) is 0 Å². The molecule has 0 aliphatic carbocycles. The van der Waals surface area contributed by atoms with Crippen molar-refractivity contribution in [2.75, 3.05) is 13.7 Å². The topological polar surface area (TPSA) is 64.4 Å². The van der Waals surface area contributed by atoms with E-state index >= 15 is 0 Å². The molecular formula is C23H25N3O3. The second-order valence-electron chi connectivity index (χ2n) is 7.00. The molecule has 0 saturated carbocycles. The molecule has 1 aromatic heterocycles. The predicted octanol–water partition coefficient (Wildman–Crippen LogP) is 3.38. The highest BCUT2D eigenvalue weighted by Crippen LogP contribution is 2.15. The van der Waals surface area contributed by atoms with Crippen molar-refractivity contribution in [1.29, 1.82) is 0 Å². The monoisotopic (exact) mass is 391 g/mol. The molecule has 0 saturated heterocycles. The summed E-state index contributed by atoms with van der Waals surface area (Å²) in [6.45, 7) is 3.13. The molecular weight excluding hydrogens is 366 g/mol. The number of aromatic nitrogens is 2. The van der Waals surface area contributed by atoms with Gasteiger partial charge in [0.25, 0.3) is 5.91 Å². The normalized spacial score (nSPS) is 11.7. The number of carbonyl (C=O) groups excluding carboxylic acids is 2. The Hall–Kier alpha value is -3.41. The summed E-state index contributed by atoms with van der Waals surface area (Å²) in [5.74, 6) is -0.854. The van der Waals surface area contributed by atoms with Crippen molar-refractivity contribution in [3.8, 4) is 0 Å². The number of rotatable bonds is 8. The Morgan fingerprint density at radius 2 is 1.76 bits per heavy atom. The largest absolute Gasteiger partial charge is 0.469 e. The zero-order valence-corrected chi connectivity index (χ0v) is 16.7. The van der Waals surface area contributed by atoms with Crippen molar-refractivity contribution < 1.29 is 14.3 Å². The number of carbonyl (C=O) groups is 2. The number of amides is 1. The third-order valence-corrected chi connectivity index (χ3v) is 4.71. The third kappa shape index (κ3) is 5.54. The fourth-order valence-electron chi connectivity index (χ4n) is 3.15. The standard InChI is InChI=1S/C23H25N3O3/c1-18(23(28)29-2)15-25(16-19-7-4-3-5-8-19)22(27)21-11-9-20(10-12-21)17-26-14-6-13-24-26/h3-14,18H,15-17H2,1-2H3. The van der Waals surface area contributed by atoms with E-state index in [1.54, 1.807) is 18.0 Å². The van der Waals surface area contributed by atoms with Crippen LogP contribution in [0.25, 0.3) is 0 Å². The fraction of sp³-hybridized carbons (Fsp3) is 0.261. The molecule has 6 nitrogen and oxygen atoms in total. The number of hydrogen-bond acceptors (Lipinski definition) is 4. The van der Waals surface area contributed by atoms with Gasteiger partial charge in [0.1, 0.15) is 0 Å². The first-order chi connectivity index (χ1) is 14.1. The van der Waals surface area contributed by atoms with Gasteiger partial charge in [0.15, 0.2) is 0 Å². The van der Waals surface area contributed by atoms with E-state index in [1.807, 2.05) is 71.5 Å². The number of methoxy groups -OCH3 is 1. The summed E-state index contributed by atoms with van der Waals surface area (Å²) < 4.78 is 6.66. The van der Waals surface area contributed by atoms with Crippen molar-refractivity contribution in [1.82, 2.24) is 14.7 Å². The molecule has 6 heteroatoms. The lowest BCUT2D eigenvalue weighted by atomic mass is 10.1. The van der Waals surface area contributed by atoms with Gasteiger partial charge in [0.2, 0.25) is 0 Å². The Morgan fingerprint density at radius 1 is 1.03 bits per heavy atom. The molecule has 0 aliphatic heterocycles. The van der Waals surface area contributed by atoms with E-state index in [4.69, 9.17) is 4.74 Å². The van der Waals surface area contributed by atoms with Crippen LogP contribution in [0.3, 0.4) is 0 Å². The second kappa shape index (κ2) is 9.68. The van der Waals surface area contributed by atoms with Crippen LogP contribution in [0.2, 0.25) is 0 Å². The van der Waals surface area contributed by atoms with Crippen molar-refractivity contribution in [3.05, 3.63) is 89.7 Å². The predicted molar refractivity (Wildman–Crippen MR) is 110 cm³/mol. The molecule has 0 fully saturated rings. The molecule has 1 heterocycles. The third-order valence-electron chi connectivity index (χ3n) is 4.71. The first-order valence-electron chi connectivity index (χ1n) is 9.54. The van der Waals surface area contributed by atoms with Gasteiger partial charge in [-0.1, -0.05) is 49.4 Å². The maximum absolute atomic E-state index is 13.2. The number of nitrogens with zero attached hydrogens (tertiary/aromatic N) is 3. The summed E-state index contributed by atoms with van der Waals surface area (Å²) in [4.78, 5) is 26.8. The van der Waals surface area contributed by atoms with E-state index in [0.29, 0.717) is 18.7 Å². The molecule has 0 N–H and O–H groups in total. The van der Waals surface area contributed by atoms with E-state index in [1.165, 1.54) is 7.11 Å².